The van der Waals surface area contributed by atoms with E-state index >= 15 is 0 Å². The first-order valence-electron chi connectivity index (χ1n) is 6.93. The third-order valence-electron chi connectivity index (χ3n) is 3.46. The summed E-state index contributed by atoms with van der Waals surface area (Å²) in [4.78, 5) is 16.1. The van der Waals surface area contributed by atoms with Crippen LogP contribution in [0.15, 0.2) is 41.6 Å². The summed E-state index contributed by atoms with van der Waals surface area (Å²) < 4.78 is 32.1. The molecule has 0 saturated heterocycles. The van der Waals surface area contributed by atoms with E-state index in [0.29, 0.717) is 18.7 Å². The number of rotatable bonds is 3. The number of benzene rings is 1. The number of halogens is 2. The molecule has 0 fully saturated rings. The normalized spacial score (nSPS) is 13.9. The van der Waals surface area contributed by atoms with Crippen molar-refractivity contribution in [3.63, 3.8) is 0 Å². The number of aromatic nitrogens is 1. The van der Waals surface area contributed by atoms with Crippen LogP contribution in [0.4, 0.5) is 8.78 Å². The van der Waals surface area contributed by atoms with Crippen LogP contribution in [0.2, 0.25) is 0 Å². The van der Waals surface area contributed by atoms with Crippen molar-refractivity contribution in [2.24, 2.45) is 5.10 Å². The second-order valence-corrected chi connectivity index (χ2v) is 4.94. The minimum absolute atomic E-state index is 0.197. The first-order chi connectivity index (χ1) is 11.1. The van der Waals surface area contributed by atoms with Gasteiger partial charge in [-0.15, -0.1) is 0 Å². The van der Waals surface area contributed by atoms with E-state index in [1.165, 1.54) is 36.4 Å². The SMILES string of the molecule is COc1cc(C2=NN(C(=O)c3cccc(F)c3)CC2)c(F)cn1. The lowest BCUT2D eigenvalue weighted by molar-refractivity contribution is 0.0778. The highest BCUT2D eigenvalue weighted by molar-refractivity contribution is 6.04. The topological polar surface area (TPSA) is 54.8 Å². The van der Waals surface area contributed by atoms with Crippen LogP contribution in [-0.4, -0.2) is 35.3 Å². The molecule has 0 spiro atoms. The number of pyridine rings is 1. The van der Waals surface area contributed by atoms with Gasteiger partial charge in [0.15, 0.2) is 5.82 Å². The summed E-state index contributed by atoms with van der Waals surface area (Å²) in [6.45, 7) is 0.300. The fourth-order valence-electron chi connectivity index (χ4n) is 2.32. The predicted octanol–water partition coefficient (Wildman–Crippen LogP) is 2.62. The Hall–Kier alpha value is -2.83. The third-order valence-corrected chi connectivity index (χ3v) is 3.46. The van der Waals surface area contributed by atoms with Crippen molar-refractivity contribution < 1.29 is 18.3 Å². The molecule has 0 unspecified atom stereocenters. The molecule has 0 saturated carbocycles. The van der Waals surface area contributed by atoms with Gasteiger partial charge in [-0.3, -0.25) is 4.79 Å². The largest absolute Gasteiger partial charge is 0.481 e. The van der Waals surface area contributed by atoms with Crippen LogP contribution >= 0.6 is 0 Å². The van der Waals surface area contributed by atoms with E-state index in [9.17, 15) is 13.6 Å². The standard InChI is InChI=1S/C16H13F2N3O2/c1-23-15-8-12(13(18)9-19-15)14-5-6-21(20-14)16(22)10-3-2-4-11(17)7-10/h2-4,7-9H,5-6H2,1H3. The maximum absolute atomic E-state index is 13.9. The minimum atomic E-state index is -0.537. The Bertz CT molecular complexity index is 793. The van der Waals surface area contributed by atoms with Gasteiger partial charge in [-0.05, 0) is 18.2 Å². The fraction of sp³-hybridized carbons (Fsp3) is 0.188. The molecular weight excluding hydrogens is 304 g/mol. The number of nitrogens with zero attached hydrogens (tertiary/aromatic N) is 3. The van der Waals surface area contributed by atoms with Crippen molar-refractivity contribution in [2.75, 3.05) is 13.7 Å². The average Bonchev–Trinajstić information content (AvgIpc) is 3.04. The highest BCUT2D eigenvalue weighted by atomic mass is 19.1. The second-order valence-electron chi connectivity index (χ2n) is 4.94. The Morgan fingerprint density at radius 1 is 1.30 bits per heavy atom. The number of carbonyl (C=O) groups excluding carboxylic acids is 1. The lowest BCUT2D eigenvalue weighted by Crippen LogP contribution is -2.23. The van der Waals surface area contributed by atoms with Crippen LogP contribution in [-0.2, 0) is 0 Å². The van der Waals surface area contributed by atoms with Gasteiger partial charge in [-0.1, -0.05) is 6.07 Å². The molecule has 1 aromatic carbocycles. The molecule has 0 aliphatic carbocycles. The Morgan fingerprint density at radius 2 is 2.13 bits per heavy atom. The van der Waals surface area contributed by atoms with Gasteiger partial charge < -0.3 is 4.74 Å². The maximum atomic E-state index is 13.9. The summed E-state index contributed by atoms with van der Waals surface area (Å²) in [7, 11) is 1.43. The van der Waals surface area contributed by atoms with Gasteiger partial charge in [0.1, 0.15) is 5.82 Å². The number of carbonyl (C=O) groups is 1. The monoisotopic (exact) mass is 317 g/mol. The van der Waals surface area contributed by atoms with Crippen LogP contribution in [0.3, 0.4) is 0 Å². The summed E-state index contributed by atoms with van der Waals surface area (Å²) in [5, 5.41) is 5.36. The molecule has 1 aliphatic rings. The van der Waals surface area contributed by atoms with Crippen molar-refractivity contribution in [3.05, 3.63) is 59.3 Å². The van der Waals surface area contributed by atoms with Crippen LogP contribution < -0.4 is 4.74 Å². The van der Waals surface area contributed by atoms with E-state index < -0.39 is 17.5 Å². The van der Waals surface area contributed by atoms with Crippen LogP contribution in [0.25, 0.3) is 0 Å². The Morgan fingerprint density at radius 3 is 2.87 bits per heavy atom. The first kappa shape index (κ1) is 15.1. The van der Waals surface area contributed by atoms with Gasteiger partial charge in [-0.25, -0.2) is 18.8 Å². The summed E-state index contributed by atoms with van der Waals surface area (Å²) in [6.07, 6.45) is 1.44. The molecule has 3 rings (SSSR count). The molecule has 5 nitrogen and oxygen atoms in total. The summed E-state index contributed by atoms with van der Waals surface area (Å²) in [5.41, 5.74) is 0.863. The van der Waals surface area contributed by atoms with Crippen molar-refractivity contribution >= 4 is 11.6 Å². The quantitative estimate of drug-likeness (QED) is 0.874. The van der Waals surface area contributed by atoms with Gasteiger partial charge >= 0.3 is 0 Å². The summed E-state index contributed by atoms with van der Waals surface area (Å²) in [6, 6.07) is 6.80. The molecule has 1 aromatic heterocycles. The second kappa shape index (κ2) is 6.12. The smallest absolute Gasteiger partial charge is 0.274 e. The van der Waals surface area contributed by atoms with Crippen molar-refractivity contribution in [3.8, 4) is 5.88 Å². The molecule has 118 valence electrons. The minimum Gasteiger partial charge on any atom is -0.481 e. The molecule has 0 N–H and O–H groups in total. The lowest BCUT2D eigenvalue weighted by atomic mass is 10.1. The molecule has 2 aromatic rings. The first-order valence-corrected chi connectivity index (χ1v) is 6.93. The van der Waals surface area contributed by atoms with Crippen LogP contribution in [0, 0.1) is 11.6 Å². The van der Waals surface area contributed by atoms with E-state index in [-0.39, 0.29) is 17.0 Å². The van der Waals surface area contributed by atoms with E-state index in [2.05, 4.69) is 10.1 Å². The third kappa shape index (κ3) is 3.03. The molecule has 0 bridgehead atoms. The molecule has 23 heavy (non-hydrogen) atoms. The Balaban J connectivity index is 1.88. The number of hydrazone groups is 1. The zero-order chi connectivity index (χ0) is 16.4. The molecule has 0 atom stereocenters. The zero-order valence-corrected chi connectivity index (χ0v) is 12.3. The zero-order valence-electron chi connectivity index (χ0n) is 12.3. The number of ether oxygens (including phenoxy) is 1. The molecule has 2 heterocycles. The van der Waals surface area contributed by atoms with Crippen molar-refractivity contribution in [1.29, 1.82) is 0 Å². The number of methoxy groups -OCH3 is 1. The maximum Gasteiger partial charge on any atom is 0.274 e. The van der Waals surface area contributed by atoms with Gasteiger partial charge in [0.2, 0.25) is 5.88 Å². The van der Waals surface area contributed by atoms with Crippen LogP contribution in [0.5, 0.6) is 5.88 Å². The van der Waals surface area contributed by atoms with Gasteiger partial charge in [0.25, 0.3) is 5.91 Å². The number of hydrogen-bond donors (Lipinski definition) is 0. The number of hydrogen-bond acceptors (Lipinski definition) is 4. The molecule has 7 heteroatoms. The van der Waals surface area contributed by atoms with Gasteiger partial charge in [0.05, 0.1) is 25.6 Å². The van der Waals surface area contributed by atoms with E-state index in [4.69, 9.17) is 4.74 Å². The number of amides is 1. The highest BCUT2D eigenvalue weighted by Crippen LogP contribution is 2.21. The molecular formula is C16H13F2N3O2. The Kier molecular flexibility index (Phi) is 4.01. The van der Waals surface area contributed by atoms with Gasteiger partial charge in [-0.2, -0.15) is 5.10 Å². The predicted molar refractivity (Wildman–Crippen MR) is 79.3 cm³/mol. The van der Waals surface area contributed by atoms with Crippen molar-refractivity contribution in [1.82, 2.24) is 9.99 Å². The highest BCUT2D eigenvalue weighted by Gasteiger charge is 2.25. The lowest BCUT2D eigenvalue weighted by Gasteiger charge is -2.11. The van der Waals surface area contributed by atoms with E-state index in [1.807, 2.05) is 0 Å². The molecule has 0 radical (unpaired) electrons. The fourth-order valence-corrected chi connectivity index (χ4v) is 2.32. The van der Waals surface area contributed by atoms with E-state index in [0.717, 1.165) is 12.3 Å². The molecule has 1 aliphatic heterocycles. The summed E-state index contributed by atoms with van der Waals surface area (Å²) >= 11 is 0. The average molecular weight is 317 g/mol. The van der Waals surface area contributed by atoms with E-state index in [1.54, 1.807) is 0 Å². The molecule has 1 amide bonds. The van der Waals surface area contributed by atoms with Crippen LogP contribution in [0.1, 0.15) is 22.3 Å². The van der Waals surface area contributed by atoms with Gasteiger partial charge in [0, 0.05) is 23.6 Å². The Labute approximate surface area is 131 Å². The van der Waals surface area contributed by atoms with Crippen molar-refractivity contribution in [2.45, 2.75) is 6.42 Å². The summed E-state index contributed by atoms with van der Waals surface area (Å²) in [5.74, 6) is -1.20.